The van der Waals surface area contributed by atoms with Gasteiger partial charge in [0, 0.05) is 24.7 Å². The van der Waals surface area contributed by atoms with Gasteiger partial charge >= 0.3 is 0 Å². The number of halogens is 1. The summed E-state index contributed by atoms with van der Waals surface area (Å²) < 4.78 is 16.0. The van der Waals surface area contributed by atoms with Crippen molar-refractivity contribution in [1.82, 2.24) is 14.5 Å². The van der Waals surface area contributed by atoms with Crippen LogP contribution in [-0.4, -0.2) is 27.5 Å². The number of hydrogen-bond acceptors (Lipinski definition) is 3. The summed E-state index contributed by atoms with van der Waals surface area (Å²) in [4.78, 5) is 7.31. The lowest BCUT2D eigenvalue weighted by atomic mass is 9.78. The van der Waals surface area contributed by atoms with Crippen molar-refractivity contribution in [2.24, 2.45) is 0 Å². The number of hydrogen-bond donors (Lipinski definition) is 1. The van der Waals surface area contributed by atoms with Gasteiger partial charge < -0.3 is 10.3 Å². The van der Waals surface area contributed by atoms with E-state index >= 15 is 0 Å². The third-order valence-electron chi connectivity index (χ3n) is 7.87. The number of anilines is 1. The Morgan fingerprint density at radius 1 is 0.844 bits per heavy atom. The van der Waals surface area contributed by atoms with Crippen LogP contribution in [0.5, 0.6) is 0 Å². The fourth-order valence-corrected chi connectivity index (χ4v) is 6.21. The molecule has 1 aliphatic carbocycles. The van der Waals surface area contributed by atoms with Crippen molar-refractivity contribution in [1.29, 1.82) is 0 Å². The molecule has 1 saturated carbocycles. The zero-order valence-electron chi connectivity index (χ0n) is 19.0. The number of nitrogens with two attached hydrogens (primary N) is 1. The van der Waals surface area contributed by atoms with Crippen LogP contribution in [0.3, 0.4) is 0 Å². The molecule has 0 amide bonds. The zero-order chi connectivity index (χ0) is 22.0. The summed E-state index contributed by atoms with van der Waals surface area (Å²) in [7, 11) is 0. The normalized spacial score (nSPS) is 21.2. The molecule has 0 unspecified atom stereocenters. The maximum absolute atomic E-state index is 13.8. The second-order valence-electron chi connectivity index (χ2n) is 9.71. The van der Waals surface area contributed by atoms with E-state index in [4.69, 9.17) is 5.73 Å². The number of piperidine rings is 1. The largest absolute Gasteiger partial charge is 0.369 e. The number of rotatable bonds is 3. The molecule has 1 saturated heterocycles. The summed E-state index contributed by atoms with van der Waals surface area (Å²) >= 11 is 0. The van der Waals surface area contributed by atoms with E-state index in [2.05, 4.69) is 26.6 Å². The second-order valence-corrected chi connectivity index (χ2v) is 9.71. The minimum Gasteiger partial charge on any atom is -0.369 e. The lowest BCUT2D eigenvalue weighted by Crippen LogP contribution is -2.50. The maximum Gasteiger partial charge on any atom is 0.201 e. The van der Waals surface area contributed by atoms with Crippen LogP contribution in [0, 0.1) is 5.82 Å². The molecule has 2 aliphatic rings. The molecule has 32 heavy (non-hydrogen) atoms. The van der Waals surface area contributed by atoms with Gasteiger partial charge in [0.05, 0.1) is 11.0 Å². The summed E-state index contributed by atoms with van der Waals surface area (Å²) in [5, 5.41) is 0. The smallest absolute Gasteiger partial charge is 0.201 e. The topological polar surface area (TPSA) is 47.1 Å². The molecule has 1 aromatic heterocycles. The minimum absolute atomic E-state index is 0.0194. The van der Waals surface area contributed by atoms with Crippen molar-refractivity contribution in [2.75, 3.05) is 18.8 Å². The first kappa shape index (κ1) is 21.4. The van der Waals surface area contributed by atoms with Gasteiger partial charge in [-0.3, -0.25) is 4.90 Å². The number of likely N-dealkylation sites (tertiary alicyclic amines) is 1. The van der Waals surface area contributed by atoms with E-state index in [0.717, 1.165) is 37.0 Å². The summed E-state index contributed by atoms with van der Waals surface area (Å²) in [6.45, 7) is 2.07. The Labute approximate surface area is 190 Å². The number of benzene rings is 2. The Morgan fingerprint density at radius 2 is 1.47 bits per heavy atom. The summed E-state index contributed by atoms with van der Waals surface area (Å²) in [6, 6.07) is 16.0. The minimum atomic E-state index is -0.145. The highest BCUT2D eigenvalue weighted by Gasteiger charge is 2.40. The Bertz CT molecular complexity index is 1020. The Balaban J connectivity index is 1.42. The van der Waals surface area contributed by atoms with Gasteiger partial charge in [0.2, 0.25) is 5.95 Å². The van der Waals surface area contributed by atoms with Gasteiger partial charge in [0.1, 0.15) is 5.82 Å². The third-order valence-corrected chi connectivity index (χ3v) is 7.87. The molecule has 2 heterocycles. The summed E-state index contributed by atoms with van der Waals surface area (Å²) in [5.74, 6) is 0.480. The highest BCUT2D eigenvalue weighted by Crippen LogP contribution is 2.43. The first-order chi connectivity index (χ1) is 15.7. The second kappa shape index (κ2) is 9.22. The quantitative estimate of drug-likeness (QED) is 0.517. The molecular formula is C27H35FN4. The molecule has 2 aromatic carbocycles. The van der Waals surface area contributed by atoms with Gasteiger partial charge in [0.25, 0.3) is 0 Å². The van der Waals surface area contributed by atoms with Gasteiger partial charge in [-0.1, -0.05) is 62.8 Å². The summed E-state index contributed by atoms with van der Waals surface area (Å²) in [5.41, 5.74) is 9.78. The van der Waals surface area contributed by atoms with Gasteiger partial charge in [-0.2, -0.15) is 0 Å². The van der Waals surface area contributed by atoms with Crippen LogP contribution < -0.4 is 5.73 Å². The molecular weight excluding hydrogens is 399 g/mol. The van der Waals surface area contributed by atoms with Crippen LogP contribution >= 0.6 is 0 Å². The van der Waals surface area contributed by atoms with Gasteiger partial charge in [-0.15, -0.1) is 0 Å². The molecule has 2 fully saturated rings. The number of nitrogen functional groups attached to an aromatic ring is 1. The molecule has 0 bridgehead atoms. The fraction of sp³-hybridized carbons (Fsp3) is 0.519. The van der Waals surface area contributed by atoms with Crippen molar-refractivity contribution >= 4 is 17.0 Å². The monoisotopic (exact) mass is 434 g/mol. The van der Waals surface area contributed by atoms with Crippen LogP contribution in [0.25, 0.3) is 11.0 Å². The highest BCUT2D eigenvalue weighted by molar-refractivity contribution is 5.78. The molecule has 170 valence electrons. The first-order valence-electron chi connectivity index (χ1n) is 12.4. The average molecular weight is 435 g/mol. The van der Waals surface area contributed by atoms with Crippen molar-refractivity contribution in [3.05, 3.63) is 59.9 Å². The van der Waals surface area contributed by atoms with Crippen LogP contribution in [-0.2, 0) is 5.54 Å². The molecule has 3 aromatic rings. The lowest BCUT2D eigenvalue weighted by Gasteiger charge is -2.48. The first-order valence-corrected chi connectivity index (χ1v) is 12.4. The predicted molar refractivity (Wildman–Crippen MR) is 129 cm³/mol. The number of aromatic nitrogens is 2. The molecule has 5 rings (SSSR count). The fourth-order valence-electron chi connectivity index (χ4n) is 6.21. The standard InChI is InChI=1S/C27H35FN4/c28-22-13-11-21(12-14-22)27(17-7-3-1-2-4-8-18-27)31-19-15-23(16-20-31)32-25-10-6-5-9-24(25)30-26(32)29/h5-6,9-14,23H,1-4,7-8,15-20H2,(H2,29,30). The van der Waals surface area contributed by atoms with Crippen molar-refractivity contribution in [3.63, 3.8) is 0 Å². The average Bonchev–Trinajstić information content (AvgIpc) is 3.21. The maximum atomic E-state index is 13.8. The van der Waals surface area contributed by atoms with Crippen LogP contribution in [0.2, 0.25) is 0 Å². The molecule has 4 nitrogen and oxygen atoms in total. The lowest BCUT2D eigenvalue weighted by molar-refractivity contribution is 0.0318. The van der Waals surface area contributed by atoms with E-state index in [1.165, 1.54) is 56.9 Å². The molecule has 0 radical (unpaired) electrons. The Kier molecular flexibility index (Phi) is 6.18. The van der Waals surface area contributed by atoms with E-state index in [9.17, 15) is 4.39 Å². The van der Waals surface area contributed by atoms with E-state index in [1.807, 2.05) is 24.3 Å². The third kappa shape index (κ3) is 4.03. The molecule has 2 N–H and O–H groups in total. The van der Waals surface area contributed by atoms with Crippen molar-refractivity contribution in [3.8, 4) is 0 Å². The SMILES string of the molecule is Nc1nc2ccccc2n1C1CCN(C2(c3ccc(F)cc3)CCCCCCCC2)CC1. The number of fused-ring (bicyclic) bond motifs is 1. The molecule has 0 atom stereocenters. The summed E-state index contributed by atoms with van der Waals surface area (Å²) in [6.07, 6.45) is 12.2. The van der Waals surface area contributed by atoms with Crippen LogP contribution in [0.4, 0.5) is 10.3 Å². The Hall–Kier alpha value is -2.40. The van der Waals surface area contributed by atoms with Crippen molar-refractivity contribution < 1.29 is 4.39 Å². The van der Waals surface area contributed by atoms with Crippen LogP contribution in [0.15, 0.2) is 48.5 Å². The van der Waals surface area contributed by atoms with Crippen LogP contribution in [0.1, 0.15) is 75.8 Å². The van der Waals surface area contributed by atoms with Crippen molar-refractivity contribution in [2.45, 2.75) is 75.8 Å². The Morgan fingerprint density at radius 3 is 2.16 bits per heavy atom. The zero-order valence-corrected chi connectivity index (χ0v) is 19.0. The van der Waals surface area contributed by atoms with Gasteiger partial charge in [0.15, 0.2) is 0 Å². The van der Waals surface area contributed by atoms with E-state index in [-0.39, 0.29) is 11.4 Å². The highest BCUT2D eigenvalue weighted by atomic mass is 19.1. The van der Waals surface area contributed by atoms with Gasteiger partial charge in [-0.05, 0) is 55.5 Å². The predicted octanol–water partition coefficient (Wildman–Crippen LogP) is 6.42. The van der Waals surface area contributed by atoms with E-state index < -0.39 is 0 Å². The van der Waals surface area contributed by atoms with E-state index in [0.29, 0.717) is 12.0 Å². The number of imidazole rings is 1. The molecule has 1 aliphatic heterocycles. The van der Waals surface area contributed by atoms with Gasteiger partial charge in [-0.25, -0.2) is 9.37 Å². The molecule has 5 heteroatoms. The molecule has 0 spiro atoms. The van der Waals surface area contributed by atoms with E-state index in [1.54, 1.807) is 12.1 Å². The number of para-hydroxylation sites is 2. The number of nitrogens with zero attached hydrogens (tertiary/aromatic N) is 3.